The number of aromatic nitrogens is 4. The lowest BCUT2D eigenvalue weighted by atomic mass is 10.1. The Hall–Kier alpha value is -2.38. The fourth-order valence-electron chi connectivity index (χ4n) is 2.37. The van der Waals surface area contributed by atoms with Crippen molar-refractivity contribution in [3.8, 4) is 0 Å². The van der Waals surface area contributed by atoms with Crippen molar-refractivity contribution in [1.29, 1.82) is 0 Å². The molecule has 0 aliphatic heterocycles. The minimum Gasteiger partial charge on any atom is -0.375 e. The molecule has 136 valence electrons. The second-order valence-electron chi connectivity index (χ2n) is 5.93. The van der Waals surface area contributed by atoms with Crippen LogP contribution in [0.15, 0.2) is 39.8 Å². The Morgan fingerprint density at radius 1 is 1.15 bits per heavy atom. The van der Waals surface area contributed by atoms with Gasteiger partial charge in [-0.1, -0.05) is 40.5 Å². The van der Waals surface area contributed by atoms with Crippen molar-refractivity contribution in [2.45, 2.75) is 19.4 Å². The van der Waals surface area contributed by atoms with Crippen molar-refractivity contribution in [1.82, 2.24) is 19.9 Å². The van der Waals surface area contributed by atoms with Crippen LogP contribution in [0.5, 0.6) is 0 Å². The molecule has 1 aromatic carbocycles. The van der Waals surface area contributed by atoms with Crippen molar-refractivity contribution in [2.75, 3.05) is 19.0 Å². The summed E-state index contributed by atoms with van der Waals surface area (Å²) < 4.78 is 6.41. The fraction of sp³-hybridized carbons (Fsp3) is 0.294. The molecule has 3 aromatic rings. The molecular formula is C17H17Cl2N5O2. The summed E-state index contributed by atoms with van der Waals surface area (Å²) in [5.74, 6) is 0.874. The first-order chi connectivity index (χ1) is 12.4. The summed E-state index contributed by atoms with van der Waals surface area (Å²) in [6, 6.07) is 7.61. The lowest BCUT2D eigenvalue weighted by molar-refractivity contribution is 0.358. The Bertz CT molecular complexity index is 951. The van der Waals surface area contributed by atoms with E-state index in [4.69, 9.17) is 27.7 Å². The molecule has 0 unspecified atom stereocenters. The van der Waals surface area contributed by atoms with E-state index in [2.05, 4.69) is 15.2 Å². The fourth-order valence-corrected chi connectivity index (χ4v) is 2.81. The highest BCUT2D eigenvalue weighted by Gasteiger charge is 2.14. The molecule has 3 rings (SSSR count). The highest BCUT2D eigenvalue weighted by molar-refractivity contribution is 6.33. The molecule has 2 heterocycles. The predicted molar refractivity (Wildman–Crippen MR) is 100 cm³/mol. The van der Waals surface area contributed by atoms with Gasteiger partial charge in [0.1, 0.15) is 11.6 Å². The summed E-state index contributed by atoms with van der Waals surface area (Å²) in [4.78, 5) is 18.3. The van der Waals surface area contributed by atoms with Crippen molar-refractivity contribution >= 4 is 28.9 Å². The van der Waals surface area contributed by atoms with Crippen LogP contribution < -0.4 is 10.5 Å². The number of hydrogen-bond donors (Lipinski definition) is 0. The average molecular weight is 394 g/mol. The number of rotatable bonds is 6. The normalized spacial score (nSPS) is 10.9. The minimum atomic E-state index is -0.404. The van der Waals surface area contributed by atoms with Gasteiger partial charge in [0.05, 0.1) is 11.9 Å². The molecule has 9 heteroatoms. The zero-order valence-electron chi connectivity index (χ0n) is 14.3. The number of anilines is 1. The van der Waals surface area contributed by atoms with Crippen molar-refractivity contribution in [3.05, 3.63) is 68.1 Å². The first-order valence-corrected chi connectivity index (χ1v) is 8.68. The lowest BCUT2D eigenvalue weighted by Gasteiger charge is -2.13. The molecule has 26 heavy (non-hydrogen) atoms. The van der Waals surface area contributed by atoms with Crippen LogP contribution >= 0.6 is 23.2 Å². The largest absolute Gasteiger partial charge is 0.375 e. The van der Waals surface area contributed by atoms with E-state index in [0.29, 0.717) is 28.8 Å². The Morgan fingerprint density at radius 2 is 1.88 bits per heavy atom. The molecular weight excluding hydrogens is 377 g/mol. The van der Waals surface area contributed by atoms with Gasteiger partial charge in [0.2, 0.25) is 5.89 Å². The van der Waals surface area contributed by atoms with Crippen LogP contribution in [0.1, 0.15) is 17.3 Å². The van der Waals surface area contributed by atoms with Gasteiger partial charge in [-0.2, -0.15) is 10.1 Å². The van der Waals surface area contributed by atoms with Crippen LogP contribution in [-0.4, -0.2) is 34.0 Å². The number of benzene rings is 1. The second-order valence-corrected chi connectivity index (χ2v) is 6.75. The molecule has 0 spiro atoms. The molecule has 0 N–H and O–H groups in total. The Morgan fingerprint density at radius 3 is 2.58 bits per heavy atom. The van der Waals surface area contributed by atoms with E-state index in [-0.39, 0.29) is 11.6 Å². The third-order valence-corrected chi connectivity index (χ3v) is 4.40. The van der Waals surface area contributed by atoms with Gasteiger partial charge in [0.15, 0.2) is 5.82 Å². The molecule has 0 aliphatic carbocycles. The highest BCUT2D eigenvalue weighted by Crippen LogP contribution is 2.18. The van der Waals surface area contributed by atoms with E-state index < -0.39 is 5.56 Å². The van der Waals surface area contributed by atoms with Gasteiger partial charge in [-0.25, -0.2) is 4.68 Å². The Balaban J connectivity index is 1.68. The lowest BCUT2D eigenvalue weighted by Crippen LogP contribution is -2.26. The van der Waals surface area contributed by atoms with Gasteiger partial charge in [-0.3, -0.25) is 4.79 Å². The molecule has 0 bridgehead atoms. The molecule has 0 radical (unpaired) electrons. The minimum absolute atomic E-state index is 0.0696. The van der Waals surface area contributed by atoms with Crippen LogP contribution in [0.2, 0.25) is 10.0 Å². The van der Waals surface area contributed by atoms with Crippen molar-refractivity contribution in [2.24, 2.45) is 0 Å². The second kappa shape index (κ2) is 7.88. The maximum Gasteiger partial charge on any atom is 0.288 e. The van der Waals surface area contributed by atoms with Crippen LogP contribution in [0.4, 0.5) is 5.69 Å². The van der Waals surface area contributed by atoms with E-state index in [1.165, 1.54) is 10.9 Å². The number of hydrogen-bond acceptors (Lipinski definition) is 6. The summed E-state index contributed by atoms with van der Waals surface area (Å²) >= 11 is 12.0. The third kappa shape index (κ3) is 4.23. The highest BCUT2D eigenvalue weighted by atomic mass is 35.5. The number of nitrogens with zero attached hydrogens (tertiary/aromatic N) is 5. The SMILES string of the molecule is CN(C)c1cnn(Cc2nc(CCc3ccc(Cl)cc3)no2)c(=O)c1Cl. The molecule has 2 aromatic heterocycles. The number of aryl methyl sites for hydroxylation is 2. The summed E-state index contributed by atoms with van der Waals surface area (Å²) in [7, 11) is 3.58. The van der Waals surface area contributed by atoms with Crippen molar-refractivity contribution < 1.29 is 4.52 Å². The van der Waals surface area contributed by atoms with Crippen molar-refractivity contribution in [3.63, 3.8) is 0 Å². The van der Waals surface area contributed by atoms with E-state index in [9.17, 15) is 4.79 Å². The molecule has 0 atom stereocenters. The maximum absolute atomic E-state index is 12.3. The summed E-state index contributed by atoms with van der Waals surface area (Å²) in [5.41, 5.74) is 1.28. The van der Waals surface area contributed by atoms with Gasteiger partial charge in [-0.15, -0.1) is 0 Å². The predicted octanol–water partition coefficient (Wildman–Crippen LogP) is 2.83. The summed E-state index contributed by atoms with van der Waals surface area (Å²) in [6.45, 7) is 0.0696. The molecule has 7 nitrogen and oxygen atoms in total. The third-order valence-electron chi connectivity index (χ3n) is 3.79. The Kier molecular flexibility index (Phi) is 5.58. The van der Waals surface area contributed by atoms with Gasteiger partial charge >= 0.3 is 0 Å². The van der Waals surface area contributed by atoms with Gasteiger partial charge in [-0.05, 0) is 24.1 Å². The van der Waals surface area contributed by atoms with Crippen LogP contribution in [-0.2, 0) is 19.4 Å². The topological polar surface area (TPSA) is 77.1 Å². The van der Waals surface area contributed by atoms with Gasteiger partial charge in [0.25, 0.3) is 5.56 Å². The van der Waals surface area contributed by atoms with Crippen LogP contribution in [0.3, 0.4) is 0 Å². The molecule has 0 saturated carbocycles. The smallest absolute Gasteiger partial charge is 0.288 e. The van der Waals surface area contributed by atoms with Crippen LogP contribution in [0, 0.1) is 0 Å². The molecule has 0 aliphatic rings. The molecule has 0 saturated heterocycles. The summed E-state index contributed by atoms with van der Waals surface area (Å²) in [5, 5.41) is 8.86. The first kappa shape index (κ1) is 18.4. The zero-order valence-corrected chi connectivity index (χ0v) is 15.8. The molecule has 0 amide bonds. The zero-order chi connectivity index (χ0) is 18.7. The Labute approximate surface area is 160 Å². The quantitative estimate of drug-likeness (QED) is 0.640. The van der Waals surface area contributed by atoms with Crippen LogP contribution in [0.25, 0.3) is 0 Å². The van der Waals surface area contributed by atoms with Gasteiger partial charge in [0, 0.05) is 25.5 Å². The summed E-state index contributed by atoms with van der Waals surface area (Å²) in [6.07, 6.45) is 2.91. The van der Waals surface area contributed by atoms with E-state index in [1.54, 1.807) is 19.0 Å². The monoisotopic (exact) mass is 393 g/mol. The van der Waals surface area contributed by atoms with E-state index in [1.807, 2.05) is 24.3 Å². The van der Waals surface area contributed by atoms with Gasteiger partial charge < -0.3 is 9.42 Å². The maximum atomic E-state index is 12.3. The molecule has 0 fully saturated rings. The average Bonchev–Trinajstić information content (AvgIpc) is 3.06. The number of halogens is 2. The van der Waals surface area contributed by atoms with E-state index >= 15 is 0 Å². The van der Waals surface area contributed by atoms with E-state index in [0.717, 1.165) is 12.0 Å². The standard InChI is InChI=1S/C17H17Cl2N5O2/c1-23(2)13-9-20-24(17(25)16(13)19)10-15-21-14(22-26-15)8-5-11-3-6-12(18)7-4-11/h3-4,6-7,9H,5,8,10H2,1-2H3. The first-order valence-electron chi connectivity index (χ1n) is 7.93.